The quantitative estimate of drug-likeness (QED) is 0.848. The Morgan fingerprint density at radius 2 is 1.75 bits per heavy atom. The summed E-state index contributed by atoms with van der Waals surface area (Å²) < 4.78 is 24.4. The average Bonchev–Trinajstić information content (AvgIpc) is 2.16. The largest absolute Gasteiger partial charge is 0.268 e. The third-order valence-corrected chi connectivity index (χ3v) is 4.08. The van der Waals surface area contributed by atoms with Gasteiger partial charge in [0.25, 0.3) is 5.91 Å². The molecule has 0 atom stereocenters. The van der Waals surface area contributed by atoms with Gasteiger partial charge in [-0.05, 0) is 39.0 Å². The van der Waals surface area contributed by atoms with Crippen LogP contribution in [0.25, 0.3) is 0 Å². The Hall–Kier alpha value is -1.36. The van der Waals surface area contributed by atoms with E-state index in [-0.39, 0.29) is 0 Å². The summed E-state index contributed by atoms with van der Waals surface area (Å²) in [6.07, 6.45) is 0. The minimum Gasteiger partial charge on any atom is -0.268 e. The number of nitrogens with one attached hydrogen (secondary N) is 1. The third kappa shape index (κ3) is 2.82. The molecule has 1 radical (unpaired) electrons. The van der Waals surface area contributed by atoms with Gasteiger partial charge in [-0.2, -0.15) is 0 Å². The molecule has 1 N–H and O–H groups in total. The Morgan fingerprint density at radius 3 is 2.19 bits per heavy atom. The molecule has 0 aromatic heterocycles. The fraction of sp³-hybridized carbons (Fsp3) is 0.364. The van der Waals surface area contributed by atoms with Crippen LogP contribution >= 0.6 is 0 Å². The van der Waals surface area contributed by atoms with Gasteiger partial charge in [0.1, 0.15) is 0 Å². The number of benzene rings is 1. The zero-order valence-corrected chi connectivity index (χ0v) is 10.3. The van der Waals surface area contributed by atoms with Gasteiger partial charge in [-0.1, -0.05) is 12.1 Å². The third-order valence-electron chi connectivity index (χ3n) is 2.01. The summed E-state index contributed by atoms with van der Waals surface area (Å²) in [5.41, 5.74) is 0.298. The maximum Gasteiger partial charge on any atom is 0.264 e. The van der Waals surface area contributed by atoms with Crippen LogP contribution in [0.5, 0.6) is 0 Å². The van der Waals surface area contributed by atoms with E-state index in [2.05, 4.69) is 6.07 Å². The number of rotatable bonds is 2. The van der Waals surface area contributed by atoms with Crippen molar-refractivity contribution in [1.29, 1.82) is 0 Å². The molecule has 0 unspecified atom stereocenters. The average molecular weight is 240 g/mol. The van der Waals surface area contributed by atoms with Crippen LogP contribution in [0.1, 0.15) is 31.1 Å². The number of sulfonamides is 1. The number of amides is 1. The Balaban J connectivity index is 2.89. The summed E-state index contributed by atoms with van der Waals surface area (Å²) in [6, 6.07) is 8.87. The zero-order valence-electron chi connectivity index (χ0n) is 9.44. The SMILES string of the molecule is CC(C)(C)S(=O)(=O)NC(=O)c1cc[c]cc1. The molecule has 0 aliphatic heterocycles. The van der Waals surface area contributed by atoms with E-state index >= 15 is 0 Å². The maximum atomic E-state index is 11.7. The highest BCUT2D eigenvalue weighted by molar-refractivity contribution is 7.91. The van der Waals surface area contributed by atoms with Crippen molar-refractivity contribution in [3.63, 3.8) is 0 Å². The number of hydrogen-bond acceptors (Lipinski definition) is 3. The van der Waals surface area contributed by atoms with Crippen LogP contribution < -0.4 is 4.72 Å². The molecule has 0 saturated heterocycles. The Morgan fingerprint density at radius 1 is 1.25 bits per heavy atom. The Kier molecular flexibility index (Phi) is 3.38. The van der Waals surface area contributed by atoms with Gasteiger partial charge in [0.2, 0.25) is 10.0 Å². The van der Waals surface area contributed by atoms with Crippen LogP contribution in [0.15, 0.2) is 24.3 Å². The van der Waals surface area contributed by atoms with Crippen LogP contribution in [0, 0.1) is 6.07 Å². The fourth-order valence-electron chi connectivity index (χ4n) is 0.872. The minimum atomic E-state index is -3.65. The van der Waals surface area contributed by atoms with E-state index in [0.29, 0.717) is 5.56 Å². The van der Waals surface area contributed by atoms with Crippen molar-refractivity contribution >= 4 is 15.9 Å². The maximum absolute atomic E-state index is 11.7. The highest BCUT2D eigenvalue weighted by atomic mass is 32.2. The molecule has 0 bridgehead atoms. The molecule has 5 heteroatoms. The molecule has 1 amide bonds. The Bertz CT molecular complexity index is 472. The number of hydrogen-bond donors (Lipinski definition) is 1. The van der Waals surface area contributed by atoms with Gasteiger partial charge in [-0.3, -0.25) is 4.79 Å². The van der Waals surface area contributed by atoms with Crippen molar-refractivity contribution in [2.45, 2.75) is 25.5 Å². The van der Waals surface area contributed by atoms with Crippen LogP contribution in [0.4, 0.5) is 0 Å². The van der Waals surface area contributed by atoms with Crippen molar-refractivity contribution in [2.24, 2.45) is 0 Å². The topological polar surface area (TPSA) is 63.2 Å². The first-order valence-corrected chi connectivity index (χ1v) is 6.25. The van der Waals surface area contributed by atoms with Gasteiger partial charge in [-0.15, -0.1) is 0 Å². The molecule has 16 heavy (non-hydrogen) atoms. The van der Waals surface area contributed by atoms with E-state index in [4.69, 9.17) is 0 Å². The molecule has 0 aliphatic carbocycles. The molecule has 1 aromatic rings. The first-order valence-electron chi connectivity index (χ1n) is 4.77. The first-order chi connectivity index (χ1) is 7.24. The number of carbonyl (C=O) groups is 1. The van der Waals surface area contributed by atoms with Crippen LogP contribution in [-0.2, 0) is 10.0 Å². The lowest BCUT2D eigenvalue weighted by Gasteiger charge is -2.19. The predicted molar refractivity (Wildman–Crippen MR) is 61.4 cm³/mol. The lowest BCUT2D eigenvalue weighted by molar-refractivity contribution is 0.0980. The van der Waals surface area contributed by atoms with E-state index in [1.165, 1.54) is 32.9 Å². The summed E-state index contributed by atoms with van der Waals surface area (Å²) >= 11 is 0. The summed E-state index contributed by atoms with van der Waals surface area (Å²) in [5, 5.41) is 0. The normalized spacial score (nSPS) is 12.2. The minimum absolute atomic E-state index is 0.298. The summed E-state index contributed by atoms with van der Waals surface area (Å²) in [6.45, 7) is 4.59. The van der Waals surface area contributed by atoms with Gasteiger partial charge in [0, 0.05) is 5.56 Å². The lowest BCUT2D eigenvalue weighted by atomic mass is 10.2. The predicted octanol–water partition coefficient (Wildman–Crippen LogP) is 1.34. The first kappa shape index (κ1) is 12.7. The van der Waals surface area contributed by atoms with E-state index in [0.717, 1.165) is 0 Å². The number of carbonyl (C=O) groups excluding carboxylic acids is 1. The summed E-state index contributed by atoms with van der Waals surface area (Å²) in [4.78, 5) is 11.6. The summed E-state index contributed by atoms with van der Waals surface area (Å²) in [5.74, 6) is -0.621. The van der Waals surface area contributed by atoms with Crippen molar-refractivity contribution in [3.8, 4) is 0 Å². The lowest BCUT2D eigenvalue weighted by Crippen LogP contribution is -2.42. The molecule has 0 saturated carbocycles. The molecular weight excluding hydrogens is 226 g/mol. The van der Waals surface area contributed by atoms with Crippen molar-refractivity contribution in [3.05, 3.63) is 35.9 Å². The molecule has 0 aliphatic rings. The zero-order chi connectivity index (χ0) is 12.4. The second-order valence-corrected chi connectivity index (χ2v) is 6.77. The highest BCUT2D eigenvalue weighted by Gasteiger charge is 2.30. The summed E-state index contributed by atoms with van der Waals surface area (Å²) in [7, 11) is -3.65. The molecule has 1 aromatic carbocycles. The van der Waals surface area contributed by atoms with E-state index < -0.39 is 20.7 Å². The highest BCUT2D eigenvalue weighted by Crippen LogP contribution is 2.13. The van der Waals surface area contributed by atoms with E-state index in [9.17, 15) is 13.2 Å². The van der Waals surface area contributed by atoms with Crippen LogP contribution in [-0.4, -0.2) is 19.1 Å². The van der Waals surface area contributed by atoms with Gasteiger partial charge >= 0.3 is 0 Å². The van der Waals surface area contributed by atoms with Gasteiger partial charge in [0.05, 0.1) is 4.75 Å². The van der Waals surface area contributed by atoms with Crippen molar-refractivity contribution < 1.29 is 13.2 Å². The van der Waals surface area contributed by atoms with Crippen molar-refractivity contribution in [2.75, 3.05) is 0 Å². The molecule has 4 nitrogen and oxygen atoms in total. The van der Waals surface area contributed by atoms with E-state index in [1.807, 2.05) is 4.72 Å². The van der Waals surface area contributed by atoms with Gasteiger partial charge in [-0.25, -0.2) is 13.1 Å². The smallest absolute Gasteiger partial charge is 0.264 e. The molecule has 87 valence electrons. The second kappa shape index (κ2) is 4.25. The van der Waals surface area contributed by atoms with E-state index in [1.54, 1.807) is 12.1 Å². The molecule has 0 fully saturated rings. The second-order valence-electron chi connectivity index (χ2n) is 4.34. The fourth-order valence-corrected chi connectivity index (χ4v) is 1.54. The molecular formula is C11H14NO3S. The van der Waals surface area contributed by atoms with Gasteiger partial charge in [0.15, 0.2) is 0 Å². The molecule has 1 rings (SSSR count). The van der Waals surface area contributed by atoms with Crippen LogP contribution in [0.3, 0.4) is 0 Å². The Labute approximate surface area is 95.7 Å². The molecule has 0 heterocycles. The van der Waals surface area contributed by atoms with Gasteiger partial charge < -0.3 is 0 Å². The molecule has 0 spiro atoms. The monoisotopic (exact) mass is 240 g/mol. The van der Waals surface area contributed by atoms with Crippen molar-refractivity contribution in [1.82, 2.24) is 4.72 Å². The van der Waals surface area contributed by atoms with Crippen LogP contribution in [0.2, 0.25) is 0 Å². The standard InChI is InChI=1S/C11H14NO3S/c1-11(2,3)16(14,15)12-10(13)9-7-5-4-6-8-9/h5-8H,1-3H3,(H,12,13).